The summed E-state index contributed by atoms with van der Waals surface area (Å²) >= 11 is 0. The molecule has 2 N–H and O–H groups in total. The van der Waals surface area contributed by atoms with Crippen molar-refractivity contribution in [2.24, 2.45) is 5.92 Å². The molecule has 4 nitrogen and oxygen atoms in total. The van der Waals surface area contributed by atoms with E-state index >= 15 is 0 Å². The fourth-order valence-corrected chi connectivity index (χ4v) is 3.26. The minimum Gasteiger partial charge on any atom is -0.396 e. The van der Waals surface area contributed by atoms with Crippen molar-refractivity contribution in [2.45, 2.75) is 38.0 Å². The zero-order valence-electron chi connectivity index (χ0n) is 12.2. The van der Waals surface area contributed by atoms with Crippen LogP contribution in [0.1, 0.15) is 31.7 Å². The lowest BCUT2D eigenvalue weighted by molar-refractivity contribution is 0.251. The van der Waals surface area contributed by atoms with Crippen LogP contribution in [0.15, 0.2) is 17.0 Å². The number of hydrogen-bond donors (Lipinski definition) is 2. The second-order valence-corrected chi connectivity index (χ2v) is 6.79. The average molecular weight is 321 g/mol. The molecule has 0 aliphatic carbocycles. The first kappa shape index (κ1) is 18.0. The molecule has 1 aromatic carbocycles. The molecule has 0 bridgehead atoms. The lowest BCUT2D eigenvalue weighted by atomic mass is 10.0. The van der Waals surface area contributed by atoms with Crippen LogP contribution in [0.4, 0.5) is 8.78 Å². The Bertz CT molecular complexity index is 570. The maximum Gasteiger partial charge on any atom is 0.243 e. The van der Waals surface area contributed by atoms with Gasteiger partial charge in [0.1, 0.15) is 16.5 Å². The van der Waals surface area contributed by atoms with E-state index in [4.69, 9.17) is 5.11 Å². The minimum atomic E-state index is -4.11. The number of benzene rings is 1. The van der Waals surface area contributed by atoms with Crippen LogP contribution in [0.5, 0.6) is 0 Å². The third kappa shape index (κ3) is 5.01. The molecule has 0 radical (unpaired) electrons. The number of aliphatic hydroxyl groups excluding tert-OH is 1. The summed E-state index contributed by atoms with van der Waals surface area (Å²) in [5.41, 5.74) is 0.0515. The lowest BCUT2D eigenvalue weighted by Gasteiger charge is -2.16. The van der Waals surface area contributed by atoms with Gasteiger partial charge >= 0.3 is 0 Å². The summed E-state index contributed by atoms with van der Waals surface area (Å²) in [7, 11) is -4.11. The van der Waals surface area contributed by atoms with E-state index in [1.165, 1.54) is 6.92 Å². The van der Waals surface area contributed by atoms with E-state index in [0.29, 0.717) is 12.5 Å². The molecule has 1 aromatic rings. The van der Waals surface area contributed by atoms with Gasteiger partial charge in [-0.25, -0.2) is 21.9 Å². The Morgan fingerprint density at radius 1 is 1.24 bits per heavy atom. The highest BCUT2D eigenvalue weighted by molar-refractivity contribution is 7.89. The van der Waals surface area contributed by atoms with Gasteiger partial charge in [0, 0.05) is 13.2 Å². The lowest BCUT2D eigenvalue weighted by Crippen LogP contribution is -2.30. The third-order valence-corrected chi connectivity index (χ3v) is 4.74. The van der Waals surface area contributed by atoms with E-state index in [1.807, 2.05) is 6.92 Å². The summed E-state index contributed by atoms with van der Waals surface area (Å²) in [6, 6.07) is 1.55. The monoisotopic (exact) mass is 321 g/mol. The Morgan fingerprint density at radius 2 is 1.90 bits per heavy atom. The number of hydrogen-bond acceptors (Lipinski definition) is 3. The molecule has 0 saturated carbocycles. The first-order chi connectivity index (χ1) is 9.81. The van der Waals surface area contributed by atoms with Gasteiger partial charge in [0.25, 0.3) is 0 Å². The second-order valence-electron chi connectivity index (χ2n) is 5.05. The molecular formula is C14H21F2NO3S. The van der Waals surface area contributed by atoms with Gasteiger partial charge in [-0.05, 0) is 43.4 Å². The van der Waals surface area contributed by atoms with E-state index in [2.05, 4.69) is 4.72 Å². The second kappa shape index (κ2) is 7.82. The predicted molar refractivity (Wildman–Crippen MR) is 76.4 cm³/mol. The molecule has 0 aliphatic heterocycles. The van der Waals surface area contributed by atoms with Crippen LogP contribution in [0.2, 0.25) is 0 Å². The van der Waals surface area contributed by atoms with Crippen molar-refractivity contribution in [3.63, 3.8) is 0 Å². The van der Waals surface area contributed by atoms with Gasteiger partial charge in [0.2, 0.25) is 10.0 Å². The fourth-order valence-electron chi connectivity index (χ4n) is 2.08. The van der Waals surface area contributed by atoms with Crippen LogP contribution in [0.3, 0.4) is 0 Å². The molecule has 21 heavy (non-hydrogen) atoms. The van der Waals surface area contributed by atoms with Gasteiger partial charge in [-0.2, -0.15) is 0 Å². The van der Waals surface area contributed by atoms with Gasteiger partial charge in [-0.15, -0.1) is 0 Å². The van der Waals surface area contributed by atoms with Gasteiger partial charge in [0.15, 0.2) is 0 Å². The highest BCUT2D eigenvalue weighted by Gasteiger charge is 2.22. The predicted octanol–water partition coefficient (Wildman–Crippen LogP) is 2.35. The van der Waals surface area contributed by atoms with Gasteiger partial charge in [0.05, 0.1) is 0 Å². The number of nitrogens with one attached hydrogen (secondary N) is 1. The quantitative estimate of drug-likeness (QED) is 0.772. The van der Waals surface area contributed by atoms with Gasteiger partial charge in [-0.1, -0.05) is 13.3 Å². The SMILES string of the molecule is CCCC(CCO)CNS(=O)(=O)c1cc(F)c(C)cc1F. The van der Waals surface area contributed by atoms with Crippen LogP contribution < -0.4 is 4.72 Å². The number of rotatable bonds is 8. The first-order valence-electron chi connectivity index (χ1n) is 6.88. The van der Waals surface area contributed by atoms with Crippen molar-refractivity contribution in [2.75, 3.05) is 13.2 Å². The van der Waals surface area contributed by atoms with E-state index in [-0.39, 0.29) is 24.6 Å². The molecule has 1 unspecified atom stereocenters. The van der Waals surface area contributed by atoms with Crippen LogP contribution in [-0.2, 0) is 10.0 Å². The number of aryl methyl sites for hydroxylation is 1. The molecule has 1 rings (SSSR count). The normalized spacial score (nSPS) is 13.4. The van der Waals surface area contributed by atoms with Crippen LogP contribution in [-0.4, -0.2) is 26.7 Å². The third-order valence-electron chi connectivity index (χ3n) is 3.30. The molecule has 7 heteroatoms. The smallest absolute Gasteiger partial charge is 0.243 e. The summed E-state index contributed by atoms with van der Waals surface area (Å²) < 4.78 is 53.5. The Labute approximate surface area is 124 Å². The fraction of sp³-hybridized carbons (Fsp3) is 0.571. The van der Waals surface area contributed by atoms with Crippen molar-refractivity contribution < 1.29 is 22.3 Å². The van der Waals surface area contributed by atoms with E-state index < -0.39 is 26.6 Å². The van der Waals surface area contributed by atoms with E-state index in [0.717, 1.165) is 18.9 Å². The number of sulfonamides is 1. The molecular weight excluding hydrogens is 300 g/mol. The molecule has 0 aliphatic rings. The van der Waals surface area contributed by atoms with Gasteiger partial charge in [-0.3, -0.25) is 0 Å². The zero-order valence-corrected chi connectivity index (χ0v) is 13.0. The summed E-state index contributed by atoms with van der Waals surface area (Å²) in [5.74, 6) is -1.78. The Kier molecular flexibility index (Phi) is 6.70. The van der Waals surface area contributed by atoms with Crippen molar-refractivity contribution in [1.29, 1.82) is 0 Å². The number of aliphatic hydroxyl groups is 1. The molecule has 0 saturated heterocycles. The minimum absolute atomic E-state index is 0.0341. The summed E-state index contributed by atoms with van der Waals surface area (Å²) in [6.45, 7) is 3.36. The zero-order chi connectivity index (χ0) is 16.0. The molecule has 0 aromatic heterocycles. The van der Waals surface area contributed by atoms with Crippen molar-refractivity contribution >= 4 is 10.0 Å². The van der Waals surface area contributed by atoms with Crippen molar-refractivity contribution in [3.8, 4) is 0 Å². The Balaban J connectivity index is 2.89. The Hall–Kier alpha value is -1.05. The van der Waals surface area contributed by atoms with Crippen molar-refractivity contribution in [3.05, 3.63) is 29.3 Å². The van der Waals surface area contributed by atoms with Crippen LogP contribution in [0, 0.1) is 24.5 Å². The highest BCUT2D eigenvalue weighted by atomic mass is 32.2. The first-order valence-corrected chi connectivity index (χ1v) is 8.36. The topological polar surface area (TPSA) is 66.4 Å². The van der Waals surface area contributed by atoms with Gasteiger partial charge < -0.3 is 5.11 Å². The summed E-state index contributed by atoms with van der Waals surface area (Å²) in [6.07, 6.45) is 2.05. The van der Waals surface area contributed by atoms with E-state index in [1.54, 1.807) is 0 Å². The van der Waals surface area contributed by atoms with Crippen LogP contribution >= 0.6 is 0 Å². The summed E-state index contributed by atoms with van der Waals surface area (Å²) in [4.78, 5) is -0.690. The molecule has 0 amide bonds. The molecule has 0 fully saturated rings. The maximum absolute atomic E-state index is 13.7. The maximum atomic E-state index is 13.7. The summed E-state index contributed by atoms with van der Waals surface area (Å²) in [5, 5.41) is 8.93. The molecule has 120 valence electrons. The average Bonchev–Trinajstić information content (AvgIpc) is 2.40. The molecule has 0 heterocycles. The number of halogens is 2. The van der Waals surface area contributed by atoms with E-state index in [9.17, 15) is 17.2 Å². The van der Waals surface area contributed by atoms with Crippen LogP contribution in [0.25, 0.3) is 0 Å². The molecule has 0 spiro atoms. The largest absolute Gasteiger partial charge is 0.396 e. The highest BCUT2D eigenvalue weighted by Crippen LogP contribution is 2.19. The van der Waals surface area contributed by atoms with Crippen molar-refractivity contribution in [1.82, 2.24) is 4.72 Å². The Morgan fingerprint density at radius 3 is 2.48 bits per heavy atom. The molecule has 1 atom stereocenters. The standard InChI is InChI=1S/C14H21F2NO3S/c1-3-4-11(5-6-18)9-17-21(19,20)14-8-12(15)10(2)7-13(14)16/h7-8,11,17-18H,3-6,9H2,1-2H3.